The monoisotopic (exact) mass is 266 g/mol. The van der Waals surface area contributed by atoms with E-state index >= 15 is 0 Å². The first-order valence-electron chi connectivity index (χ1n) is 7.11. The van der Waals surface area contributed by atoms with Crippen molar-refractivity contribution in [2.24, 2.45) is 11.7 Å². The van der Waals surface area contributed by atoms with Crippen LogP contribution >= 0.6 is 11.3 Å². The van der Waals surface area contributed by atoms with Crippen LogP contribution in [0.15, 0.2) is 11.4 Å². The first-order chi connectivity index (χ1) is 8.65. The number of hydrogen-bond acceptors (Lipinski definition) is 3. The van der Waals surface area contributed by atoms with Crippen molar-refractivity contribution in [3.05, 3.63) is 21.9 Å². The molecule has 2 nitrogen and oxygen atoms in total. The largest absolute Gasteiger partial charge is 0.330 e. The van der Waals surface area contributed by atoms with Gasteiger partial charge in [-0.3, -0.25) is 4.90 Å². The zero-order valence-corrected chi connectivity index (χ0v) is 12.7. The van der Waals surface area contributed by atoms with Gasteiger partial charge in [0.2, 0.25) is 0 Å². The van der Waals surface area contributed by atoms with E-state index in [1.165, 1.54) is 36.1 Å². The van der Waals surface area contributed by atoms with Crippen LogP contribution in [0, 0.1) is 12.8 Å². The van der Waals surface area contributed by atoms with E-state index in [1.807, 2.05) is 11.3 Å². The molecule has 0 saturated heterocycles. The topological polar surface area (TPSA) is 29.3 Å². The predicted octanol–water partition coefficient (Wildman–Crippen LogP) is 3.57. The molecule has 3 unspecified atom stereocenters. The lowest BCUT2D eigenvalue weighted by molar-refractivity contribution is 0.100. The molecule has 2 N–H and O–H groups in total. The van der Waals surface area contributed by atoms with Gasteiger partial charge in [0.25, 0.3) is 0 Å². The van der Waals surface area contributed by atoms with E-state index in [2.05, 4.69) is 37.2 Å². The van der Waals surface area contributed by atoms with Crippen LogP contribution in [0.3, 0.4) is 0 Å². The Morgan fingerprint density at radius 3 is 2.78 bits per heavy atom. The molecule has 0 bridgehead atoms. The number of hydrogen-bond donors (Lipinski definition) is 1. The summed E-state index contributed by atoms with van der Waals surface area (Å²) in [4.78, 5) is 4.08. The van der Waals surface area contributed by atoms with Gasteiger partial charge >= 0.3 is 0 Å². The van der Waals surface area contributed by atoms with Gasteiger partial charge in [-0.1, -0.05) is 12.8 Å². The highest BCUT2D eigenvalue weighted by Gasteiger charge is 2.30. The molecule has 1 heterocycles. The quantitative estimate of drug-likeness (QED) is 0.903. The van der Waals surface area contributed by atoms with Gasteiger partial charge in [0.05, 0.1) is 0 Å². The van der Waals surface area contributed by atoms with Crippen LogP contribution in [0.2, 0.25) is 0 Å². The lowest BCUT2D eigenvalue weighted by atomic mass is 9.83. The molecule has 0 amide bonds. The lowest BCUT2D eigenvalue weighted by Crippen LogP contribution is -2.44. The second-order valence-corrected chi connectivity index (χ2v) is 6.60. The van der Waals surface area contributed by atoms with Crippen LogP contribution in [0.5, 0.6) is 0 Å². The summed E-state index contributed by atoms with van der Waals surface area (Å²) >= 11 is 1.89. The molecule has 18 heavy (non-hydrogen) atoms. The molecule has 1 aliphatic carbocycles. The van der Waals surface area contributed by atoms with Crippen molar-refractivity contribution in [3.63, 3.8) is 0 Å². The van der Waals surface area contributed by atoms with Crippen LogP contribution in [0.25, 0.3) is 0 Å². The molecule has 1 aliphatic rings. The molecule has 1 saturated carbocycles. The van der Waals surface area contributed by atoms with Crippen molar-refractivity contribution in [1.29, 1.82) is 0 Å². The van der Waals surface area contributed by atoms with E-state index in [9.17, 15) is 0 Å². The summed E-state index contributed by atoms with van der Waals surface area (Å²) in [7, 11) is 2.28. The molecule has 3 atom stereocenters. The van der Waals surface area contributed by atoms with Crippen LogP contribution in [-0.4, -0.2) is 24.5 Å². The molecular formula is C15H26N2S. The van der Waals surface area contributed by atoms with Crippen LogP contribution in [0.4, 0.5) is 0 Å². The summed E-state index contributed by atoms with van der Waals surface area (Å²) in [5.41, 5.74) is 7.39. The summed E-state index contributed by atoms with van der Waals surface area (Å²) in [5, 5.41) is 2.20. The summed E-state index contributed by atoms with van der Waals surface area (Å²) in [6, 6.07) is 3.41. The minimum absolute atomic E-state index is 0.516. The molecule has 0 aliphatic heterocycles. The van der Waals surface area contributed by atoms with Gasteiger partial charge in [-0.2, -0.15) is 0 Å². The van der Waals surface area contributed by atoms with E-state index in [1.54, 1.807) is 0 Å². The number of rotatable bonds is 4. The summed E-state index contributed by atoms with van der Waals surface area (Å²) in [5.74, 6) is 0.687. The average Bonchev–Trinajstić information content (AvgIpc) is 2.83. The van der Waals surface area contributed by atoms with E-state index in [0.29, 0.717) is 18.0 Å². The molecular weight excluding hydrogens is 240 g/mol. The first-order valence-corrected chi connectivity index (χ1v) is 7.99. The average molecular weight is 266 g/mol. The molecule has 0 aromatic carbocycles. The standard InChI is InChI=1S/C15H26N2S/c1-11-8-9-18-15(11)12(2)17(3)14-7-5-4-6-13(14)10-16/h8-9,12-14H,4-7,10,16H2,1-3H3. The van der Waals surface area contributed by atoms with Crippen LogP contribution in [-0.2, 0) is 0 Å². The number of nitrogens with zero attached hydrogens (tertiary/aromatic N) is 1. The fourth-order valence-corrected chi connectivity index (χ4v) is 4.32. The van der Waals surface area contributed by atoms with Gasteiger partial charge in [0.1, 0.15) is 0 Å². The van der Waals surface area contributed by atoms with Gasteiger partial charge in [0, 0.05) is 17.0 Å². The SMILES string of the molecule is Cc1ccsc1C(C)N(C)C1CCCCC1CN. The van der Waals surface area contributed by atoms with Crippen molar-refractivity contribution >= 4 is 11.3 Å². The van der Waals surface area contributed by atoms with Gasteiger partial charge < -0.3 is 5.73 Å². The van der Waals surface area contributed by atoms with Crippen molar-refractivity contribution in [3.8, 4) is 0 Å². The molecule has 102 valence electrons. The number of thiophene rings is 1. The van der Waals surface area contributed by atoms with Gasteiger partial charge in [-0.15, -0.1) is 11.3 Å². The zero-order valence-electron chi connectivity index (χ0n) is 11.9. The summed E-state index contributed by atoms with van der Waals surface area (Å²) in [6.45, 7) is 5.39. The van der Waals surface area contributed by atoms with Crippen molar-refractivity contribution in [2.45, 2.75) is 51.6 Å². The van der Waals surface area contributed by atoms with E-state index in [-0.39, 0.29) is 0 Å². The Labute approximate surface area is 115 Å². The van der Waals surface area contributed by atoms with Crippen molar-refractivity contribution < 1.29 is 0 Å². The highest BCUT2D eigenvalue weighted by atomic mass is 32.1. The van der Waals surface area contributed by atoms with Crippen LogP contribution < -0.4 is 5.73 Å². The maximum atomic E-state index is 5.96. The third kappa shape index (κ3) is 2.79. The lowest BCUT2D eigenvalue weighted by Gasteiger charge is -2.40. The first kappa shape index (κ1) is 14.0. The Bertz CT molecular complexity index is 374. The number of nitrogens with two attached hydrogens (primary N) is 1. The molecule has 0 radical (unpaired) electrons. The Hall–Kier alpha value is -0.380. The molecule has 0 spiro atoms. The van der Waals surface area contributed by atoms with Crippen molar-refractivity contribution in [2.75, 3.05) is 13.6 Å². The third-order valence-corrected chi connectivity index (χ3v) is 5.78. The smallest absolute Gasteiger partial charge is 0.0415 e. The minimum Gasteiger partial charge on any atom is -0.330 e. The van der Waals surface area contributed by atoms with E-state index in [0.717, 1.165) is 6.54 Å². The summed E-state index contributed by atoms with van der Waals surface area (Å²) < 4.78 is 0. The molecule has 1 aromatic heterocycles. The second kappa shape index (κ2) is 6.18. The maximum Gasteiger partial charge on any atom is 0.0415 e. The Balaban J connectivity index is 2.09. The molecule has 1 aromatic rings. The summed E-state index contributed by atoms with van der Waals surface area (Å²) in [6.07, 6.45) is 5.34. The predicted molar refractivity (Wildman–Crippen MR) is 80.0 cm³/mol. The van der Waals surface area contributed by atoms with Gasteiger partial charge in [0.15, 0.2) is 0 Å². The fourth-order valence-electron chi connectivity index (χ4n) is 3.28. The molecule has 1 fully saturated rings. The second-order valence-electron chi connectivity index (χ2n) is 5.66. The minimum atomic E-state index is 0.516. The van der Waals surface area contributed by atoms with Crippen molar-refractivity contribution in [1.82, 2.24) is 4.90 Å². The highest BCUT2D eigenvalue weighted by molar-refractivity contribution is 7.10. The van der Waals surface area contributed by atoms with Gasteiger partial charge in [-0.05, 0) is 63.2 Å². The molecule has 2 rings (SSSR count). The normalized spacial score (nSPS) is 26.5. The highest BCUT2D eigenvalue weighted by Crippen LogP contribution is 2.34. The zero-order chi connectivity index (χ0) is 13.1. The van der Waals surface area contributed by atoms with E-state index in [4.69, 9.17) is 5.73 Å². The van der Waals surface area contributed by atoms with Crippen LogP contribution in [0.1, 0.15) is 49.1 Å². The Kier molecular flexibility index (Phi) is 4.82. The van der Waals surface area contributed by atoms with E-state index < -0.39 is 0 Å². The Morgan fingerprint density at radius 2 is 2.17 bits per heavy atom. The third-order valence-electron chi connectivity index (χ3n) is 4.59. The molecule has 3 heteroatoms. The fraction of sp³-hybridized carbons (Fsp3) is 0.733. The Morgan fingerprint density at radius 1 is 1.44 bits per heavy atom. The maximum absolute atomic E-state index is 5.96. The van der Waals surface area contributed by atoms with Gasteiger partial charge in [-0.25, -0.2) is 0 Å². The number of aryl methyl sites for hydroxylation is 1.